The summed E-state index contributed by atoms with van der Waals surface area (Å²) in [6.45, 7) is 0.974. The maximum atomic E-state index is 12.9. The van der Waals surface area contributed by atoms with Crippen LogP contribution in [0.5, 0.6) is 0 Å². The van der Waals surface area contributed by atoms with Crippen LogP contribution in [0.1, 0.15) is 13.8 Å². The molecule has 0 spiro atoms. The molecular weight excluding hydrogens is 329 g/mol. The van der Waals surface area contributed by atoms with Gasteiger partial charge in [0, 0.05) is 13.1 Å². The first-order valence-corrected chi connectivity index (χ1v) is 8.12. The van der Waals surface area contributed by atoms with Crippen molar-refractivity contribution in [2.24, 2.45) is 11.8 Å². The average molecular weight is 346 g/mol. The molecule has 2 N–H and O–H groups in total. The Balaban J connectivity index is 3.00. The lowest BCUT2D eigenvalue weighted by molar-refractivity contribution is -0.188. The number of hydrogen-bond donors (Lipinski definition) is 2. The van der Waals surface area contributed by atoms with Crippen LogP contribution >= 0.6 is 0 Å². The normalized spacial score (nSPS) is 23.6. The van der Waals surface area contributed by atoms with Gasteiger partial charge in [-0.05, 0) is 13.8 Å². The Kier molecular flexibility index (Phi) is 4.83. The summed E-state index contributed by atoms with van der Waals surface area (Å²) >= 11 is 0. The van der Waals surface area contributed by atoms with Crippen LogP contribution in [0.3, 0.4) is 0 Å². The Bertz CT molecular complexity index is 573. The molecule has 1 amide bonds. The number of alkyl halides is 3. The highest BCUT2D eigenvalue weighted by atomic mass is 32.2. The van der Waals surface area contributed by atoms with E-state index >= 15 is 0 Å². The van der Waals surface area contributed by atoms with Gasteiger partial charge in [-0.25, -0.2) is 13.1 Å². The number of carboxylic acid groups (broad SMARTS) is 1. The van der Waals surface area contributed by atoms with E-state index in [-0.39, 0.29) is 0 Å². The number of likely N-dealkylation sites (tertiary alicyclic amines) is 1. The van der Waals surface area contributed by atoms with Crippen LogP contribution in [-0.4, -0.2) is 61.4 Å². The molecule has 0 aliphatic carbocycles. The number of hydrogen-bond acceptors (Lipinski definition) is 4. The number of carbonyl (C=O) groups is 2. The van der Waals surface area contributed by atoms with E-state index in [9.17, 15) is 31.2 Å². The Morgan fingerprint density at radius 2 is 1.73 bits per heavy atom. The Hall–Kier alpha value is -1.36. The molecule has 1 aliphatic rings. The number of nitrogens with one attached hydrogen (secondary N) is 1. The first-order valence-electron chi connectivity index (χ1n) is 6.23. The molecule has 1 heterocycles. The first-order chi connectivity index (χ1) is 9.65. The minimum absolute atomic E-state index is 0.618. The van der Waals surface area contributed by atoms with Gasteiger partial charge in [0.15, 0.2) is 0 Å². The van der Waals surface area contributed by atoms with Gasteiger partial charge in [-0.1, -0.05) is 0 Å². The maximum absolute atomic E-state index is 12.9. The smallest absolute Gasteiger partial charge is 0.394 e. The van der Waals surface area contributed by atoms with Crippen molar-refractivity contribution in [3.8, 4) is 0 Å². The standard InChI is InChI=1S/C11H17F3N2O5S/c1-10(2,15-22(3,20)21)9(19)16-4-6(8(17)18)7(5-16)11(12,13)14/h6-7,15H,4-5H2,1-3H3,(H,17,18)/t6-,7-/m1/s1. The Morgan fingerprint density at radius 1 is 1.23 bits per heavy atom. The van der Waals surface area contributed by atoms with Gasteiger partial charge in [0.25, 0.3) is 0 Å². The lowest BCUT2D eigenvalue weighted by Crippen LogP contribution is -2.55. The van der Waals surface area contributed by atoms with Crippen molar-refractivity contribution in [2.75, 3.05) is 19.3 Å². The molecule has 0 saturated carbocycles. The predicted octanol–water partition coefficient (Wildman–Crippen LogP) is 0.0357. The van der Waals surface area contributed by atoms with Gasteiger partial charge >= 0.3 is 12.1 Å². The molecule has 0 aromatic rings. The van der Waals surface area contributed by atoms with Gasteiger partial charge < -0.3 is 10.0 Å². The van der Waals surface area contributed by atoms with E-state index in [2.05, 4.69) is 0 Å². The second-order valence-corrected chi connectivity index (χ2v) is 7.55. The van der Waals surface area contributed by atoms with Crippen molar-refractivity contribution in [3.63, 3.8) is 0 Å². The lowest BCUT2D eigenvalue weighted by Gasteiger charge is -2.29. The number of carbonyl (C=O) groups excluding carboxylic acids is 1. The summed E-state index contributed by atoms with van der Waals surface area (Å²) in [4.78, 5) is 23.9. The fourth-order valence-corrected chi connectivity index (χ4v) is 3.47. The zero-order chi connectivity index (χ0) is 17.5. The molecule has 1 aliphatic heterocycles. The van der Waals surface area contributed by atoms with Crippen molar-refractivity contribution in [1.82, 2.24) is 9.62 Å². The molecule has 0 aromatic heterocycles. The largest absolute Gasteiger partial charge is 0.481 e. The van der Waals surface area contributed by atoms with E-state index in [0.29, 0.717) is 0 Å². The van der Waals surface area contributed by atoms with Gasteiger partial charge in [-0.15, -0.1) is 0 Å². The van der Waals surface area contributed by atoms with Crippen LogP contribution < -0.4 is 4.72 Å². The summed E-state index contributed by atoms with van der Waals surface area (Å²) in [5, 5.41) is 8.89. The molecule has 128 valence electrons. The van der Waals surface area contributed by atoms with Crippen molar-refractivity contribution in [2.45, 2.75) is 25.6 Å². The number of amides is 1. The number of rotatable bonds is 4. The summed E-state index contributed by atoms with van der Waals surface area (Å²) in [5.74, 6) is -6.50. The van der Waals surface area contributed by atoms with E-state index in [1.54, 1.807) is 0 Å². The minimum atomic E-state index is -4.76. The third-order valence-corrected chi connectivity index (χ3v) is 4.20. The van der Waals surface area contributed by atoms with Crippen LogP contribution in [0.25, 0.3) is 0 Å². The molecule has 1 rings (SSSR count). The zero-order valence-electron chi connectivity index (χ0n) is 12.1. The summed E-state index contributed by atoms with van der Waals surface area (Å²) in [5.41, 5.74) is -1.67. The highest BCUT2D eigenvalue weighted by Crippen LogP contribution is 2.38. The summed E-state index contributed by atoms with van der Waals surface area (Å²) < 4.78 is 63.0. The molecule has 0 radical (unpaired) electrons. The first kappa shape index (κ1) is 18.7. The van der Waals surface area contributed by atoms with Gasteiger partial charge in [-0.3, -0.25) is 9.59 Å². The Labute approximate surface area is 125 Å². The van der Waals surface area contributed by atoms with Crippen molar-refractivity contribution < 1.29 is 36.3 Å². The average Bonchev–Trinajstić information content (AvgIpc) is 2.68. The second-order valence-electron chi connectivity index (χ2n) is 5.80. The highest BCUT2D eigenvalue weighted by molar-refractivity contribution is 7.88. The quantitative estimate of drug-likeness (QED) is 0.748. The SMILES string of the molecule is CC(C)(NS(C)(=O)=O)C(=O)N1C[C@@H](C(F)(F)F)[C@H](C(=O)O)C1. The third-order valence-electron chi connectivity index (χ3n) is 3.32. The van der Waals surface area contributed by atoms with Crippen LogP contribution in [-0.2, 0) is 19.6 Å². The zero-order valence-corrected chi connectivity index (χ0v) is 13.0. The van der Waals surface area contributed by atoms with Crippen molar-refractivity contribution in [3.05, 3.63) is 0 Å². The summed E-state index contributed by atoms with van der Waals surface area (Å²) in [7, 11) is -3.76. The number of halogens is 3. The highest BCUT2D eigenvalue weighted by Gasteiger charge is 2.54. The molecule has 1 fully saturated rings. The van der Waals surface area contributed by atoms with Crippen LogP contribution in [0.2, 0.25) is 0 Å². The Morgan fingerprint density at radius 3 is 2.05 bits per heavy atom. The fraction of sp³-hybridized carbons (Fsp3) is 0.818. The van der Waals surface area contributed by atoms with Crippen molar-refractivity contribution >= 4 is 21.9 Å². The summed E-state index contributed by atoms with van der Waals surface area (Å²) in [6, 6.07) is 0. The number of sulfonamides is 1. The fourth-order valence-electron chi connectivity index (χ4n) is 2.45. The number of carboxylic acids is 1. The molecule has 0 aromatic carbocycles. The van der Waals surface area contributed by atoms with E-state index in [0.717, 1.165) is 11.2 Å². The monoisotopic (exact) mass is 346 g/mol. The van der Waals surface area contributed by atoms with Crippen LogP contribution in [0.4, 0.5) is 13.2 Å². The molecule has 0 bridgehead atoms. The van der Waals surface area contributed by atoms with Gasteiger partial charge in [-0.2, -0.15) is 13.2 Å². The molecular formula is C11H17F3N2O5S. The molecule has 22 heavy (non-hydrogen) atoms. The van der Waals surface area contributed by atoms with Crippen LogP contribution in [0, 0.1) is 11.8 Å². The molecule has 2 atom stereocenters. The lowest BCUT2D eigenvalue weighted by atomic mass is 9.96. The molecule has 0 unspecified atom stereocenters. The van der Waals surface area contributed by atoms with E-state index < -0.39 is 58.5 Å². The molecule has 7 nitrogen and oxygen atoms in total. The topological polar surface area (TPSA) is 104 Å². The van der Waals surface area contributed by atoms with Crippen molar-refractivity contribution in [1.29, 1.82) is 0 Å². The second kappa shape index (κ2) is 5.69. The number of aliphatic carboxylic acids is 1. The predicted molar refractivity (Wildman–Crippen MR) is 69.3 cm³/mol. The maximum Gasteiger partial charge on any atom is 0.394 e. The van der Waals surface area contributed by atoms with Crippen LogP contribution in [0.15, 0.2) is 0 Å². The number of nitrogens with zero attached hydrogens (tertiary/aromatic N) is 1. The van der Waals surface area contributed by atoms with E-state index in [1.165, 1.54) is 13.8 Å². The van der Waals surface area contributed by atoms with Gasteiger partial charge in [0.1, 0.15) is 5.54 Å². The van der Waals surface area contributed by atoms with E-state index in [4.69, 9.17) is 5.11 Å². The van der Waals surface area contributed by atoms with Gasteiger partial charge in [0.2, 0.25) is 15.9 Å². The van der Waals surface area contributed by atoms with E-state index in [1.807, 2.05) is 4.72 Å². The van der Waals surface area contributed by atoms with Gasteiger partial charge in [0.05, 0.1) is 18.1 Å². The minimum Gasteiger partial charge on any atom is -0.481 e. The summed E-state index contributed by atoms with van der Waals surface area (Å²) in [6.07, 6.45) is -3.95. The molecule has 1 saturated heterocycles. The third kappa shape index (κ3) is 4.32. The molecule has 11 heteroatoms.